The first-order valence-electron chi connectivity index (χ1n) is 10.7. The second-order valence-corrected chi connectivity index (χ2v) is 12.8. The molecule has 31 heavy (non-hydrogen) atoms. The van der Waals surface area contributed by atoms with Crippen LogP contribution in [0.3, 0.4) is 0 Å². The molecule has 1 fully saturated rings. The lowest BCUT2D eigenvalue weighted by Crippen LogP contribution is -2.42. The number of sulfonamides is 2. The van der Waals surface area contributed by atoms with Crippen LogP contribution in [-0.4, -0.2) is 34.2 Å². The Hall–Kier alpha value is -1.90. The summed E-state index contributed by atoms with van der Waals surface area (Å²) in [5.74, 6) is 1.12. The highest BCUT2D eigenvalue weighted by Crippen LogP contribution is 2.27. The molecule has 1 aliphatic rings. The SMILES string of the molecule is CC(C)Cc1ccc(S(=O)(=O)Nc2ccc(S(=O)(=O)N3CC(C)CC(C)C3)cc2)cc1. The molecule has 2 unspecified atom stereocenters. The van der Waals surface area contributed by atoms with Gasteiger partial charge in [0.25, 0.3) is 10.0 Å². The van der Waals surface area contributed by atoms with Crippen LogP contribution in [0.25, 0.3) is 0 Å². The molecule has 8 heteroatoms. The van der Waals surface area contributed by atoms with Crippen LogP contribution in [0.5, 0.6) is 0 Å². The molecule has 3 rings (SSSR count). The molecule has 2 atom stereocenters. The molecular formula is C23H32N2O4S2. The standard InChI is InChI=1S/C23H32N2O4S2/c1-17(2)13-20-5-9-22(10-6-20)30(26,27)24-21-7-11-23(12-8-21)31(28,29)25-15-18(3)14-19(4)16-25/h5-12,17-19,24H,13-16H2,1-4H3. The molecule has 0 amide bonds. The lowest BCUT2D eigenvalue weighted by Gasteiger charge is -2.34. The minimum atomic E-state index is -3.75. The average Bonchev–Trinajstić information content (AvgIpc) is 2.67. The maximum Gasteiger partial charge on any atom is 0.261 e. The number of hydrogen-bond acceptors (Lipinski definition) is 4. The van der Waals surface area contributed by atoms with Gasteiger partial charge in [-0.15, -0.1) is 0 Å². The largest absolute Gasteiger partial charge is 0.280 e. The molecule has 0 saturated carbocycles. The van der Waals surface area contributed by atoms with Gasteiger partial charge in [0.1, 0.15) is 0 Å². The van der Waals surface area contributed by atoms with Gasteiger partial charge in [-0.2, -0.15) is 4.31 Å². The molecule has 2 aromatic carbocycles. The van der Waals surface area contributed by atoms with Gasteiger partial charge >= 0.3 is 0 Å². The van der Waals surface area contributed by atoms with Crippen molar-refractivity contribution in [2.45, 2.75) is 50.3 Å². The van der Waals surface area contributed by atoms with E-state index in [4.69, 9.17) is 0 Å². The first-order chi connectivity index (χ1) is 14.5. The van der Waals surface area contributed by atoms with E-state index in [1.54, 1.807) is 12.1 Å². The number of nitrogens with one attached hydrogen (secondary N) is 1. The Kier molecular flexibility index (Phi) is 7.13. The molecule has 1 N–H and O–H groups in total. The van der Waals surface area contributed by atoms with E-state index in [9.17, 15) is 16.8 Å². The predicted molar refractivity (Wildman–Crippen MR) is 124 cm³/mol. The molecule has 6 nitrogen and oxygen atoms in total. The Bertz CT molecular complexity index is 1080. The average molecular weight is 465 g/mol. The Morgan fingerprint density at radius 2 is 1.39 bits per heavy atom. The summed E-state index contributed by atoms with van der Waals surface area (Å²) in [6.07, 6.45) is 1.91. The molecule has 1 saturated heterocycles. The Morgan fingerprint density at radius 3 is 1.90 bits per heavy atom. The summed E-state index contributed by atoms with van der Waals surface area (Å²) in [5.41, 5.74) is 1.41. The molecule has 0 spiro atoms. The van der Waals surface area contributed by atoms with Crippen molar-refractivity contribution in [3.63, 3.8) is 0 Å². The highest BCUT2D eigenvalue weighted by Gasteiger charge is 2.31. The summed E-state index contributed by atoms with van der Waals surface area (Å²) < 4.78 is 55.4. The first kappa shape index (κ1) is 23.8. The fourth-order valence-corrected chi connectivity index (χ4v) is 6.87. The summed E-state index contributed by atoms with van der Waals surface area (Å²) in [6.45, 7) is 9.36. The molecule has 2 aromatic rings. The van der Waals surface area contributed by atoms with E-state index in [1.165, 1.54) is 28.6 Å². The van der Waals surface area contributed by atoms with Gasteiger partial charge in [0.05, 0.1) is 9.79 Å². The number of nitrogens with zero attached hydrogens (tertiary/aromatic N) is 1. The molecule has 170 valence electrons. The van der Waals surface area contributed by atoms with E-state index < -0.39 is 20.0 Å². The van der Waals surface area contributed by atoms with Gasteiger partial charge in [-0.3, -0.25) is 4.72 Å². The summed E-state index contributed by atoms with van der Waals surface area (Å²) in [4.78, 5) is 0.350. The molecule has 1 heterocycles. The van der Waals surface area contributed by atoms with Crippen LogP contribution < -0.4 is 4.72 Å². The van der Waals surface area contributed by atoms with Crippen molar-refractivity contribution in [3.05, 3.63) is 54.1 Å². The molecule has 0 radical (unpaired) electrons. The lowest BCUT2D eigenvalue weighted by atomic mass is 9.94. The van der Waals surface area contributed by atoms with Gasteiger partial charge in [0, 0.05) is 18.8 Å². The first-order valence-corrected chi connectivity index (χ1v) is 13.6. The number of benzene rings is 2. The number of piperidine rings is 1. The summed E-state index contributed by atoms with van der Waals surface area (Å²) in [6, 6.07) is 12.7. The van der Waals surface area contributed by atoms with Gasteiger partial charge in [0.15, 0.2) is 0 Å². The Balaban J connectivity index is 1.74. The van der Waals surface area contributed by atoms with Crippen LogP contribution in [0.15, 0.2) is 58.3 Å². The minimum absolute atomic E-state index is 0.174. The van der Waals surface area contributed by atoms with Crippen molar-refractivity contribution in [1.82, 2.24) is 4.31 Å². The molecule has 0 bridgehead atoms. The van der Waals surface area contributed by atoms with Crippen LogP contribution in [0.2, 0.25) is 0 Å². The van der Waals surface area contributed by atoms with Crippen molar-refractivity contribution < 1.29 is 16.8 Å². The van der Waals surface area contributed by atoms with Gasteiger partial charge in [-0.1, -0.05) is 39.8 Å². The van der Waals surface area contributed by atoms with Crippen LogP contribution in [0.1, 0.15) is 39.7 Å². The van der Waals surface area contributed by atoms with Gasteiger partial charge in [-0.25, -0.2) is 16.8 Å². The highest BCUT2D eigenvalue weighted by atomic mass is 32.2. The monoisotopic (exact) mass is 464 g/mol. The van der Waals surface area contributed by atoms with Gasteiger partial charge < -0.3 is 0 Å². The lowest BCUT2D eigenvalue weighted by molar-refractivity contribution is 0.222. The van der Waals surface area contributed by atoms with Crippen molar-refractivity contribution in [1.29, 1.82) is 0 Å². The van der Waals surface area contributed by atoms with E-state index in [1.807, 2.05) is 12.1 Å². The zero-order valence-electron chi connectivity index (χ0n) is 18.6. The topological polar surface area (TPSA) is 83.5 Å². The zero-order valence-corrected chi connectivity index (χ0v) is 20.2. The quantitative estimate of drug-likeness (QED) is 0.660. The third kappa shape index (κ3) is 5.87. The van der Waals surface area contributed by atoms with Crippen molar-refractivity contribution in [2.75, 3.05) is 17.8 Å². The van der Waals surface area contributed by atoms with Crippen LogP contribution in [0.4, 0.5) is 5.69 Å². The van der Waals surface area contributed by atoms with Crippen LogP contribution in [0, 0.1) is 17.8 Å². The third-order valence-electron chi connectivity index (χ3n) is 5.46. The van der Waals surface area contributed by atoms with Gasteiger partial charge in [0.2, 0.25) is 10.0 Å². The predicted octanol–water partition coefficient (Wildman–Crippen LogP) is 4.35. The highest BCUT2D eigenvalue weighted by molar-refractivity contribution is 7.92. The Morgan fingerprint density at radius 1 is 0.871 bits per heavy atom. The summed E-state index contributed by atoms with van der Waals surface area (Å²) in [7, 11) is -7.35. The smallest absolute Gasteiger partial charge is 0.261 e. The van der Waals surface area contributed by atoms with Crippen molar-refractivity contribution in [3.8, 4) is 0 Å². The third-order valence-corrected chi connectivity index (χ3v) is 8.70. The maximum atomic E-state index is 13.0. The fourth-order valence-electron chi connectivity index (χ4n) is 4.14. The minimum Gasteiger partial charge on any atom is -0.280 e. The molecule has 0 aromatic heterocycles. The van der Waals surface area contributed by atoms with E-state index in [2.05, 4.69) is 32.4 Å². The maximum absolute atomic E-state index is 13.0. The number of rotatable bonds is 7. The normalized spacial score (nSPS) is 20.7. The van der Waals surface area contributed by atoms with E-state index >= 15 is 0 Å². The van der Waals surface area contributed by atoms with E-state index in [0.29, 0.717) is 36.5 Å². The van der Waals surface area contributed by atoms with Crippen molar-refractivity contribution >= 4 is 25.7 Å². The fraction of sp³-hybridized carbons (Fsp3) is 0.478. The molecule has 1 aliphatic heterocycles. The van der Waals surface area contributed by atoms with Crippen LogP contribution in [-0.2, 0) is 26.5 Å². The number of hydrogen-bond donors (Lipinski definition) is 1. The molecule has 0 aliphatic carbocycles. The number of anilines is 1. The Labute approximate surface area is 186 Å². The van der Waals surface area contributed by atoms with Crippen LogP contribution >= 0.6 is 0 Å². The van der Waals surface area contributed by atoms with Crippen molar-refractivity contribution in [2.24, 2.45) is 17.8 Å². The van der Waals surface area contributed by atoms with Gasteiger partial charge in [-0.05, 0) is 72.6 Å². The summed E-state index contributed by atoms with van der Waals surface area (Å²) >= 11 is 0. The second kappa shape index (κ2) is 9.30. The van der Waals surface area contributed by atoms with E-state index in [0.717, 1.165) is 18.4 Å². The van der Waals surface area contributed by atoms with E-state index in [-0.39, 0.29) is 9.79 Å². The molecular weight excluding hydrogens is 432 g/mol. The zero-order chi connectivity index (χ0) is 22.8. The second-order valence-electron chi connectivity index (χ2n) is 9.14. The summed E-state index contributed by atoms with van der Waals surface area (Å²) in [5, 5.41) is 0.